The Morgan fingerprint density at radius 2 is 2.05 bits per heavy atom. The first kappa shape index (κ1) is 15.3. The van der Waals surface area contributed by atoms with Crippen molar-refractivity contribution in [2.24, 2.45) is 0 Å². The lowest BCUT2D eigenvalue weighted by Crippen LogP contribution is -2.30. The number of amides is 1. The first-order valence-corrected chi connectivity index (χ1v) is 7.57. The number of carbonyl (C=O) groups excluding carboxylic acids is 1. The Morgan fingerprint density at radius 3 is 2.62 bits per heavy atom. The van der Waals surface area contributed by atoms with E-state index in [1.54, 1.807) is 20.3 Å². The Hall–Kier alpha value is -2.13. The van der Waals surface area contributed by atoms with Gasteiger partial charge in [-0.1, -0.05) is 6.07 Å². The number of thioether (sulfide) groups is 1. The highest BCUT2D eigenvalue weighted by atomic mass is 32.2. The minimum atomic E-state index is -0.258. The lowest BCUT2D eigenvalue weighted by Gasteiger charge is -2.25. The van der Waals surface area contributed by atoms with Crippen molar-refractivity contribution in [1.82, 2.24) is 5.32 Å². The number of ether oxygens (including phenoxy) is 2. The first-order chi connectivity index (χ1) is 10.1. The summed E-state index contributed by atoms with van der Waals surface area (Å²) in [5.74, 6) is 0.863. The average molecular weight is 304 g/mol. The summed E-state index contributed by atoms with van der Waals surface area (Å²) in [6, 6.07) is 7.68. The Labute approximate surface area is 127 Å². The van der Waals surface area contributed by atoms with Crippen molar-refractivity contribution in [2.45, 2.75) is 12.3 Å². The molecule has 1 aliphatic heterocycles. The van der Waals surface area contributed by atoms with E-state index in [4.69, 9.17) is 9.47 Å². The van der Waals surface area contributed by atoms with Crippen molar-refractivity contribution in [3.63, 3.8) is 0 Å². The second-order valence-corrected chi connectivity index (χ2v) is 5.29. The predicted molar refractivity (Wildman–Crippen MR) is 81.2 cm³/mol. The third-order valence-corrected chi connectivity index (χ3v) is 4.10. The number of allylic oxidation sites excluding steroid dienone is 1. The molecule has 0 unspecified atom stereocenters. The van der Waals surface area contributed by atoms with Crippen molar-refractivity contribution < 1.29 is 14.3 Å². The fourth-order valence-electron chi connectivity index (χ4n) is 2.33. The molecular weight excluding hydrogens is 288 g/mol. The van der Waals surface area contributed by atoms with Crippen LogP contribution in [0.2, 0.25) is 0 Å². The Morgan fingerprint density at radius 1 is 1.33 bits per heavy atom. The molecular formula is C15H16N2O3S. The standard InChI is InChI=1S/C15H16N2O3S/c1-19-12-5-4-9(6-13(12)20-2)10-7-14(18)17-15(21-3)11(10)8-16/h4-6,10H,7H2,1-3H3,(H,17,18)/t10-/m0/s1. The maximum absolute atomic E-state index is 11.8. The van der Waals surface area contributed by atoms with Crippen molar-refractivity contribution in [1.29, 1.82) is 5.26 Å². The lowest BCUT2D eigenvalue weighted by atomic mass is 9.87. The number of nitriles is 1. The molecule has 6 heteroatoms. The Bertz CT molecular complexity index is 634. The van der Waals surface area contributed by atoms with Gasteiger partial charge in [0.05, 0.1) is 30.9 Å². The van der Waals surface area contributed by atoms with Gasteiger partial charge in [-0.2, -0.15) is 5.26 Å². The maximum Gasteiger partial charge on any atom is 0.225 e. The molecule has 1 atom stereocenters. The van der Waals surface area contributed by atoms with Crippen LogP contribution in [0.4, 0.5) is 0 Å². The topological polar surface area (TPSA) is 71.3 Å². The summed E-state index contributed by atoms with van der Waals surface area (Å²) in [4.78, 5) is 11.8. The van der Waals surface area contributed by atoms with Crippen LogP contribution in [-0.4, -0.2) is 26.4 Å². The SMILES string of the molecule is COc1ccc([C@@H]2CC(=O)NC(SC)=C2C#N)cc1OC. The summed E-state index contributed by atoms with van der Waals surface area (Å²) >= 11 is 1.37. The zero-order chi connectivity index (χ0) is 15.4. The quantitative estimate of drug-likeness (QED) is 0.925. The van der Waals surface area contributed by atoms with Gasteiger partial charge < -0.3 is 14.8 Å². The molecule has 0 saturated carbocycles. The molecule has 1 aromatic rings. The van der Waals surface area contributed by atoms with Gasteiger partial charge in [0.2, 0.25) is 5.91 Å². The van der Waals surface area contributed by atoms with Gasteiger partial charge in [-0.3, -0.25) is 4.79 Å². The monoisotopic (exact) mass is 304 g/mol. The number of hydrogen-bond acceptors (Lipinski definition) is 5. The van der Waals surface area contributed by atoms with Gasteiger partial charge in [0.15, 0.2) is 11.5 Å². The molecule has 0 fully saturated rings. The zero-order valence-corrected chi connectivity index (χ0v) is 12.9. The van der Waals surface area contributed by atoms with E-state index < -0.39 is 0 Å². The normalized spacial score (nSPS) is 18.0. The molecule has 0 aliphatic carbocycles. The van der Waals surface area contributed by atoms with Gasteiger partial charge in [0.25, 0.3) is 0 Å². The molecule has 1 aromatic carbocycles. The van der Waals surface area contributed by atoms with Gasteiger partial charge in [-0.15, -0.1) is 11.8 Å². The summed E-state index contributed by atoms with van der Waals surface area (Å²) < 4.78 is 10.5. The number of benzene rings is 1. The van der Waals surface area contributed by atoms with Gasteiger partial charge in [-0.25, -0.2) is 0 Å². The summed E-state index contributed by atoms with van der Waals surface area (Å²) in [5, 5.41) is 12.8. The van der Waals surface area contributed by atoms with Crippen LogP contribution < -0.4 is 14.8 Å². The van der Waals surface area contributed by atoms with E-state index in [2.05, 4.69) is 11.4 Å². The van der Waals surface area contributed by atoms with Crippen LogP contribution in [0.5, 0.6) is 11.5 Å². The van der Waals surface area contributed by atoms with E-state index >= 15 is 0 Å². The molecule has 0 radical (unpaired) electrons. The van der Waals surface area contributed by atoms with Crippen LogP contribution in [0.3, 0.4) is 0 Å². The van der Waals surface area contributed by atoms with E-state index in [1.807, 2.05) is 18.4 Å². The molecule has 1 aliphatic rings. The molecule has 1 heterocycles. The van der Waals surface area contributed by atoms with Gasteiger partial charge in [0, 0.05) is 12.3 Å². The predicted octanol–water partition coefficient (Wildman–Crippen LogP) is 2.41. The number of rotatable bonds is 4. The molecule has 0 spiro atoms. The van der Waals surface area contributed by atoms with Crippen molar-refractivity contribution >= 4 is 17.7 Å². The molecule has 21 heavy (non-hydrogen) atoms. The smallest absolute Gasteiger partial charge is 0.225 e. The van der Waals surface area contributed by atoms with E-state index in [-0.39, 0.29) is 18.2 Å². The second kappa shape index (κ2) is 6.55. The van der Waals surface area contributed by atoms with Crippen LogP contribution in [0.25, 0.3) is 0 Å². The second-order valence-electron chi connectivity index (χ2n) is 4.48. The molecule has 0 bridgehead atoms. The number of methoxy groups -OCH3 is 2. The highest BCUT2D eigenvalue weighted by Gasteiger charge is 2.29. The van der Waals surface area contributed by atoms with Gasteiger partial charge in [-0.05, 0) is 24.0 Å². The largest absolute Gasteiger partial charge is 0.493 e. The van der Waals surface area contributed by atoms with Gasteiger partial charge >= 0.3 is 0 Å². The summed E-state index contributed by atoms with van der Waals surface area (Å²) in [6.45, 7) is 0. The van der Waals surface area contributed by atoms with Crippen LogP contribution in [0, 0.1) is 11.3 Å². The van der Waals surface area contributed by atoms with E-state index in [0.29, 0.717) is 22.1 Å². The van der Waals surface area contributed by atoms with E-state index in [9.17, 15) is 10.1 Å². The molecule has 5 nitrogen and oxygen atoms in total. The van der Waals surface area contributed by atoms with Crippen molar-refractivity contribution in [3.05, 3.63) is 34.4 Å². The maximum atomic E-state index is 11.8. The Kier molecular flexibility index (Phi) is 4.76. The molecule has 0 saturated heterocycles. The summed E-state index contributed by atoms with van der Waals surface area (Å²) in [5.41, 5.74) is 1.44. The number of nitrogens with zero attached hydrogens (tertiary/aromatic N) is 1. The Balaban J connectivity index is 2.49. The number of carbonyl (C=O) groups is 1. The van der Waals surface area contributed by atoms with Gasteiger partial charge in [0.1, 0.15) is 0 Å². The molecule has 2 rings (SSSR count). The van der Waals surface area contributed by atoms with Crippen molar-refractivity contribution in [3.8, 4) is 17.6 Å². The number of nitrogens with one attached hydrogen (secondary N) is 1. The molecule has 1 N–H and O–H groups in total. The van der Waals surface area contributed by atoms with E-state index in [0.717, 1.165) is 5.56 Å². The number of hydrogen-bond donors (Lipinski definition) is 1. The van der Waals surface area contributed by atoms with Crippen LogP contribution >= 0.6 is 11.8 Å². The fraction of sp³-hybridized carbons (Fsp3) is 0.333. The van der Waals surface area contributed by atoms with Crippen LogP contribution in [0.15, 0.2) is 28.8 Å². The molecule has 0 aromatic heterocycles. The van der Waals surface area contributed by atoms with Crippen LogP contribution in [0.1, 0.15) is 17.9 Å². The third kappa shape index (κ3) is 2.98. The lowest BCUT2D eigenvalue weighted by molar-refractivity contribution is -0.120. The third-order valence-electron chi connectivity index (χ3n) is 3.37. The van der Waals surface area contributed by atoms with E-state index in [1.165, 1.54) is 11.8 Å². The molecule has 110 valence electrons. The highest BCUT2D eigenvalue weighted by Crippen LogP contribution is 2.38. The minimum absolute atomic E-state index is 0.0851. The zero-order valence-electron chi connectivity index (χ0n) is 12.1. The summed E-state index contributed by atoms with van der Waals surface area (Å²) in [7, 11) is 3.13. The fourth-order valence-corrected chi connectivity index (χ4v) is 2.96. The minimum Gasteiger partial charge on any atom is -0.493 e. The average Bonchev–Trinajstić information content (AvgIpc) is 2.53. The summed E-state index contributed by atoms with van der Waals surface area (Å²) in [6.07, 6.45) is 2.09. The molecule has 1 amide bonds. The van der Waals surface area contributed by atoms with Crippen LogP contribution in [-0.2, 0) is 4.79 Å². The highest BCUT2D eigenvalue weighted by molar-refractivity contribution is 8.02. The first-order valence-electron chi connectivity index (χ1n) is 6.34. The van der Waals surface area contributed by atoms with Crippen molar-refractivity contribution in [2.75, 3.05) is 20.5 Å².